The van der Waals surface area contributed by atoms with Gasteiger partial charge in [-0.25, -0.2) is 0 Å². The van der Waals surface area contributed by atoms with Crippen LogP contribution in [0.4, 0.5) is 0 Å². The van der Waals surface area contributed by atoms with E-state index in [1.807, 2.05) is 0 Å². The van der Waals surface area contributed by atoms with Gasteiger partial charge in [0.2, 0.25) is 23.6 Å². The van der Waals surface area contributed by atoms with Crippen LogP contribution in [0.5, 0.6) is 0 Å². The summed E-state index contributed by atoms with van der Waals surface area (Å²) in [7, 11) is 0. The Hall–Kier alpha value is -2.32. The molecule has 0 bridgehead atoms. The third kappa shape index (κ3) is 22.2. The highest BCUT2D eigenvalue weighted by Gasteiger charge is 2.03. The Bertz CT molecular complexity index is 521. The van der Waals surface area contributed by atoms with Crippen LogP contribution in [0.25, 0.3) is 0 Å². The summed E-state index contributed by atoms with van der Waals surface area (Å²) in [4.78, 5) is 44.6. The van der Waals surface area contributed by atoms with E-state index in [4.69, 9.17) is 24.7 Å². The summed E-state index contributed by atoms with van der Waals surface area (Å²) in [6.07, 6.45) is 0. The maximum absolute atomic E-state index is 11.5. The van der Waals surface area contributed by atoms with Gasteiger partial charge in [-0.2, -0.15) is 0 Å². The van der Waals surface area contributed by atoms with Crippen molar-refractivity contribution in [3.8, 4) is 0 Å². The van der Waals surface area contributed by atoms with Crippen molar-refractivity contribution in [2.24, 2.45) is 5.73 Å². The van der Waals surface area contributed by atoms with Gasteiger partial charge in [0.1, 0.15) is 13.2 Å². The first-order chi connectivity index (χ1) is 15.0. The van der Waals surface area contributed by atoms with Gasteiger partial charge in [-0.15, -0.1) is 0 Å². The van der Waals surface area contributed by atoms with Gasteiger partial charge in [-0.1, -0.05) is 0 Å². The van der Waals surface area contributed by atoms with E-state index in [1.165, 1.54) is 6.92 Å². The molecule has 0 unspecified atom stereocenters. The van der Waals surface area contributed by atoms with Gasteiger partial charge >= 0.3 is 0 Å². The zero-order valence-electron chi connectivity index (χ0n) is 18.0. The molecule has 0 heterocycles. The van der Waals surface area contributed by atoms with Crippen LogP contribution in [0.15, 0.2) is 0 Å². The molecule has 13 heteroatoms. The lowest BCUT2D eigenvalue weighted by atomic mass is 10.5. The van der Waals surface area contributed by atoms with Crippen LogP contribution in [0.3, 0.4) is 0 Å². The summed E-state index contributed by atoms with van der Waals surface area (Å²) in [6, 6.07) is 0. The van der Waals surface area contributed by atoms with Crippen LogP contribution in [-0.2, 0) is 38.1 Å². The lowest BCUT2D eigenvalue weighted by molar-refractivity contribution is -0.127. The molecule has 0 radical (unpaired) electrons. The summed E-state index contributed by atoms with van der Waals surface area (Å²) >= 11 is 0. The Labute approximate surface area is 182 Å². The van der Waals surface area contributed by atoms with Crippen LogP contribution in [0.1, 0.15) is 6.92 Å². The molecular formula is C18H35N5O8. The van der Waals surface area contributed by atoms with Crippen LogP contribution in [0, 0.1) is 0 Å². The molecule has 0 rings (SSSR count). The van der Waals surface area contributed by atoms with Gasteiger partial charge in [0.25, 0.3) is 0 Å². The standard InChI is InChI=1S/C18H35N5O8/c1-15(24)20-4-6-28-8-10-31-14-18(27)23-5-7-29-9-11-30-13-17(26)22-3-2-21-16(25)12-19/h2-14,19H2,1H3,(H,20,24)(H,21,25)(H,22,26)(H,23,27). The second kappa shape index (κ2) is 20.9. The highest BCUT2D eigenvalue weighted by molar-refractivity contribution is 5.78. The molecule has 13 nitrogen and oxygen atoms in total. The van der Waals surface area contributed by atoms with Crippen molar-refractivity contribution < 1.29 is 38.1 Å². The Morgan fingerprint density at radius 3 is 1.48 bits per heavy atom. The van der Waals surface area contributed by atoms with E-state index in [1.54, 1.807) is 0 Å². The molecule has 0 aliphatic rings. The number of ether oxygens (including phenoxy) is 4. The van der Waals surface area contributed by atoms with Gasteiger partial charge < -0.3 is 45.9 Å². The molecule has 0 aliphatic carbocycles. The fraction of sp³-hybridized carbons (Fsp3) is 0.778. The normalized spacial score (nSPS) is 10.4. The monoisotopic (exact) mass is 449 g/mol. The molecule has 31 heavy (non-hydrogen) atoms. The maximum Gasteiger partial charge on any atom is 0.246 e. The summed E-state index contributed by atoms with van der Waals surface area (Å²) in [5, 5.41) is 10.3. The largest absolute Gasteiger partial charge is 0.377 e. The van der Waals surface area contributed by atoms with E-state index in [2.05, 4.69) is 21.3 Å². The predicted octanol–water partition coefficient (Wildman–Crippen LogP) is -3.50. The second-order valence-corrected chi connectivity index (χ2v) is 6.07. The number of carbonyl (C=O) groups excluding carboxylic acids is 4. The van der Waals surface area contributed by atoms with E-state index in [9.17, 15) is 19.2 Å². The number of hydrogen-bond acceptors (Lipinski definition) is 9. The minimum atomic E-state index is -0.299. The zero-order valence-corrected chi connectivity index (χ0v) is 18.0. The molecule has 180 valence electrons. The first-order valence-electron chi connectivity index (χ1n) is 10.0. The first-order valence-corrected chi connectivity index (χ1v) is 10.0. The SMILES string of the molecule is CC(=O)NCCOCCOCC(=O)NCCOCCOCC(=O)NCCNC(=O)CN. The average molecular weight is 450 g/mol. The lowest BCUT2D eigenvalue weighted by Crippen LogP contribution is -2.38. The van der Waals surface area contributed by atoms with Crippen molar-refractivity contribution in [1.29, 1.82) is 0 Å². The maximum atomic E-state index is 11.5. The molecule has 4 amide bonds. The number of nitrogens with one attached hydrogen (secondary N) is 4. The molecular weight excluding hydrogens is 414 g/mol. The number of nitrogens with two attached hydrogens (primary N) is 1. The van der Waals surface area contributed by atoms with Gasteiger partial charge in [0.05, 0.1) is 46.2 Å². The number of hydrogen-bond donors (Lipinski definition) is 5. The van der Waals surface area contributed by atoms with Gasteiger partial charge in [0.15, 0.2) is 0 Å². The summed E-state index contributed by atoms with van der Waals surface area (Å²) in [5.74, 6) is -0.962. The van der Waals surface area contributed by atoms with E-state index in [0.717, 1.165) is 0 Å². The highest BCUT2D eigenvalue weighted by atomic mass is 16.5. The van der Waals surface area contributed by atoms with E-state index in [-0.39, 0.29) is 63.2 Å². The third-order valence-electron chi connectivity index (χ3n) is 3.35. The van der Waals surface area contributed by atoms with Crippen LogP contribution < -0.4 is 27.0 Å². The molecule has 0 saturated heterocycles. The van der Waals surface area contributed by atoms with Crippen molar-refractivity contribution in [2.45, 2.75) is 6.92 Å². The molecule has 0 atom stereocenters. The fourth-order valence-electron chi connectivity index (χ4n) is 1.91. The number of rotatable bonds is 20. The molecule has 6 N–H and O–H groups in total. The summed E-state index contributed by atoms with van der Waals surface area (Å²) < 4.78 is 20.8. The molecule has 0 aliphatic heterocycles. The predicted molar refractivity (Wildman–Crippen MR) is 110 cm³/mol. The molecule has 0 fully saturated rings. The summed E-state index contributed by atoms with van der Waals surface area (Å²) in [6.45, 7) is 4.30. The molecule has 0 aromatic carbocycles. The topological polar surface area (TPSA) is 179 Å². The quantitative estimate of drug-likeness (QED) is 0.118. The summed E-state index contributed by atoms with van der Waals surface area (Å²) in [5.41, 5.74) is 5.13. The van der Waals surface area contributed by atoms with Crippen molar-refractivity contribution in [3.05, 3.63) is 0 Å². The third-order valence-corrected chi connectivity index (χ3v) is 3.35. The van der Waals surface area contributed by atoms with Crippen molar-refractivity contribution in [1.82, 2.24) is 21.3 Å². The minimum absolute atomic E-state index is 0.0802. The Balaban J connectivity index is 3.32. The van der Waals surface area contributed by atoms with Crippen LogP contribution in [0.2, 0.25) is 0 Å². The second-order valence-electron chi connectivity index (χ2n) is 6.07. The highest BCUT2D eigenvalue weighted by Crippen LogP contribution is 1.82. The van der Waals surface area contributed by atoms with Gasteiger partial charge in [-0.05, 0) is 0 Å². The Morgan fingerprint density at radius 1 is 0.581 bits per heavy atom. The molecule has 0 aromatic rings. The van der Waals surface area contributed by atoms with Crippen molar-refractivity contribution in [2.75, 3.05) is 85.6 Å². The van der Waals surface area contributed by atoms with Crippen LogP contribution >= 0.6 is 0 Å². The number of amides is 4. The fourth-order valence-corrected chi connectivity index (χ4v) is 1.91. The lowest BCUT2D eigenvalue weighted by Gasteiger charge is -2.09. The zero-order chi connectivity index (χ0) is 23.2. The van der Waals surface area contributed by atoms with Gasteiger partial charge in [0, 0.05) is 33.1 Å². The Kier molecular flexibility index (Phi) is 19.4. The smallest absolute Gasteiger partial charge is 0.246 e. The van der Waals surface area contributed by atoms with Crippen molar-refractivity contribution in [3.63, 3.8) is 0 Å². The van der Waals surface area contributed by atoms with Crippen molar-refractivity contribution >= 4 is 23.6 Å². The number of carbonyl (C=O) groups is 4. The molecule has 0 saturated carbocycles. The van der Waals surface area contributed by atoms with Gasteiger partial charge in [-0.3, -0.25) is 19.2 Å². The van der Waals surface area contributed by atoms with E-state index in [0.29, 0.717) is 46.0 Å². The van der Waals surface area contributed by atoms with Crippen LogP contribution in [-0.4, -0.2) is 109 Å². The molecule has 0 aromatic heterocycles. The Morgan fingerprint density at radius 2 is 1.00 bits per heavy atom. The first kappa shape index (κ1) is 28.7. The minimum Gasteiger partial charge on any atom is -0.377 e. The van der Waals surface area contributed by atoms with E-state index >= 15 is 0 Å². The van der Waals surface area contributed by atoms with E-state index < -0.39 is 0 Å². The molecule has 0 spiro atoms. The average Bonchev–Trinajstić information content (AvgIpc) is 2.74.